The van der Waals surface area contributed by atoms with Gasteiger partial charge in [-0.05, 0) is 24.6 Å². The van der Waals surface area contributed by atoms with Crippen LogP contribution in [0.3, 0.4) is 0 Å². The molecule has 1 atom stereocenters. The standard InChI is InChI=1S/C20H23FOSi/c1-4-9-17(20(22)16-10-8-11-18(21)14-16)15-23(2,3)19-12-6-5-7-13-19/h4-8,10-14,17H,1,9,15H2,2-3H3. The van der Waals surface area contributed by atoms with Crippen LogP contribution in [-0.2, 0) is 0 Å². The summed E-state index contributed by atoms with van der Waals surface area (Å²) in [5.74, 6) is -0.496. The summed E-state index contributed by atoms with van der Waals surface area (Å²) in [6, 6.07) is 17.2. The van der Waals surface area contributed by atoms with Gasteiger partial charge in [0.05, 0.1) is 8.07 Å². The van der Waals surface area contributed by atoms with E-state index < -0.39 is 8.07 Å². The van der Waals surface area contributed by atoms with E-state index >= 15 is 0 Å². The third-order valence-corrected chi connectivity index (χ3v) is 7.65. The van der Waals surface area contributed by atoms with E-state index in [0.717, 1.165) is 6.04 Å². The SMILES string of the molecule is C=CCC(C[Si](C)(C)c1ccccc1)C(=O)c1cccc(F)c1. The molecule has 0 aliphatic rings. The summed E-state index contributed by atoms with van der Waals surface area (Å²) in [6.45, 7) is 8.34. The average molecular weight is 326 g/mol. The summed E-state index contributed by atoms with van der Waals surface area (Å²) in [5, 5.41) is 1.33. The maximum absolute atomic E-state index is 13.4. The molecule has 0 aliphatic carbocycles. The van der Waals surface area contributed by atoms with Gasteiger partial charge >= 0.3 is 0 Å². The molecule has 1 nitrogen and oxygen atoms in total. The lowest BCUT2D eigenvalue weighted by atomic mass is 9.96. The van der Waals surface area contributed by atoms with Gasteiger partial charge in [-0.3, -0.25) is 4.79 Å². The molecule has 0 saturated carbocycles. The molecule has 0 fully saturated rings. The van der Waals surface area contributed by atoms with E-state index in [9.17, 15) is 9.18 Å². The van der Waals surface area contributed by atoms with Crippen molar-refractivity contribution in [2.45, 2.75) is 25.6 Å². The number of carbonyl (C=O) groups excluding carboxylic acids is 1. The fourth-order valence-electron chi connectivity index (χ4n) is 2.98. The minimum absolute atomic E-state index is 0.0147. The molecule has 2 rings (SSSR count). The molecule has 0 N–H and O–H groups in total. The predicted octanol–water partition coefficient (Wildman–Crippen LogP) is 4.82. The number of Topliss-reactive ketones (excluding diaryl/α,β-unsaturated/α-hetero) is 1. The van der Waals surface area contributed by atoms with Crippen LogP contribution in [0, 0.1) is 11.7 Å². The molecular weight excluding hydrogens is 303 g/mol. The Kier molecular flexibility index (Phi) is 5.67. The van der Waals surface area contributed by atoms with E-state index in [2.05, 4.69) is 31.8 Å². The van der Waals surface area contributed by atoms with Crippen LogP contribution in [0.2, 0.25) is 19.1 Å². The topological polar surface area (TPSA) is 17.1 Å². The summed E-state index contributed by atoms with van der Waals surface area (Å²) in [4.78, 5) is 12.8. The zero-order chi connectivity index (χ0) is 16.9. The Morgan fingerprint density at radius 1 is 1.17 bits per heavy atom. The average Bonchev–Trinajstić information content (AvgIpc) is 2.54. The van der Waals surface area contributed by atoms with Gasteiger partial charge in [-0.2, -0.15) is 0 Å². The van der Waals surface area contributed by atoms with Gasteiger partial charge in [-0.1, -0.05) is 66.8 Å². The van der Waals surface area contributed by atoms with Gasteiger partial charge in [0.15, 0.2) is 5.78 Å². The second-order valence-electron chi connectivity index (χ2n) is 6.55. The first-order chi connectivity index (χ1) is 10.9. The van der Waals surface area contributed by atoms with Crippen molar-refractivity contribution in [3.8, 4) is 0 Å². The Hall–Kier alpha value is -2.00. The molecule has 0 aromatic heterocycles. The van der Waals surface area contributed by atoms with Crippen molar-refractivity contribution in [3.63, 3.8) is 0 Å². The van der Waals surface area contributed by atoms with Crippen LogP contribution in [0.1, 0.15) is 16.8 Å². The van der Waals surface area contributed by atoms with Crippen molar-refractivity contribution in [1.82, 2.24) is 0 Å². The number of rotatable bonds is 7. The Morgan fingerprint density at radius 2 is 1.87 bits per heavy atom. The monoisotopic (exact) mass is 326 g/mol. The van der Waals surface area contributed by atoms with Crippen LogP contribution in [-0.4, -0.2) is 13.9 Å². The largest absolute Gasteiger partial charge is 0.294 e. The Bertz CT molecular complexity index is 679. The highest BCUT2D eigenvalue weighted by atomic mass is 28.3. The number of allylic oxidation sites excluding steroid dienone is 1. The van der Waals surface area contributed by atoms with Crippen LogP contribution in [0.4, 0.5) is 4.39 Å². The van der Waals surface area contributed by atoms with Crippen molar-refractivity contribution >= 4 is 19.0 Å². The fraction of sp³-hybridized carbons (Fsp3) is 0.250. The summed E-state index contributed by atoms with van der Waals surface area (Å²) in [5.41, 5.74) is 0.453. The zero-order valence-corrected chi connectivity index (χ0v) is 14.8. The van der Waals surface area contributed by atoms with E-state index in [1.54, 1.807) is 18.2 Å². The summed E-state index contributed by atoms with van der Waals surface area (Å²) in [6.07, 6.45) is 2.41. The lowest BCUT2D eigenvalue weighted by Gasteiger charge is -2.27. The maximum Gasteiger partial charge on any atom is 0.166 e. The van der Waals surface area contributed by atoms with Crippen molar-refractivity contribution in [2.75, 3.05) is 0 Å². The summed E-state index contributed by atoms with van der Waals surface area (Å²) < 4.78 is 13.4. The molecule has 0 bridgehead atoms. The van der Waals surface area contributed by atoms with Gasteiger partial charge in [-0.25, -0.2) is 4.39 Å². The number of hydrogen-bond donors (Lipinski definition) is 0. The predicted molar refractivity (Wildman–Crippen MR) is 97.4 cm³/mol. The maximum atomic E-state index is 13.4. The minimum Gasteiger partial charge on any atom is -0.294 e. The Labute approximate surface area is 138 Å². The van der Waals surface area contributed by atoms with Gasteiger partial charge in [0.2, 0.25) is 0 Å². The van der Waals surface area contributed by atoms with Gasteiger partial charge in [0.25, 0.3) is 0 Å². The zero-order valence-electron chi connectivity index (χ0n) is 13.8. The number of ketones is 1. The van der Waals surface area contributed by atoms with Gasteiger partial charge in [0, 0.05) is 11.5 Å². The third kappa shape index (κ3) is 4.49. The molecule has 2 aromatic carbocycles. The smallest absolute Gasteiger partial charge is 0.166 e. The first-order valence-electron chi connectivity index (χ1n) is 7.90. The highest BCUT2D eigenvalue weighted by Crippen LogP contribution is 2.24. The lowest BCUT2D eigenvalue weighted by Crippen LogP contribution is -2.43. The first kappa shape index (κ1) is 17.4. The van der Waals surface area contributed by atoms with Crippen LogP contribution < -0.4 is 5.19 Å². The van der Waals surface area contributed by atoms with Crippen molar-refractivity contribution in [3.05, 3.63) is 78.6 Å². The fourth-order valence-corrected chi connectivity index (χ4v) is 5.90. The molecule has 3 heteroatoms. The Balaban J connectivity index is 2.24. The van der Waals surface area contributed by atoms with E-state index in [4.69, 9.17) is 0 Å². The van der Waals surface area contributed by atoms with Gasteiger partial charge in [0.1, 0.15) is 5.82 Å². The highest BCUT2D eigenvalue weighted by Gasteiger charge is 2.30. The molecule has 0 heterocycles. The van der Waals surface area contributed by atoms with Crippen LogP contribution in [0.25, 0.3) is 0 Å². The van der Waals surface area contributed by atoms with Crippen LogP contribution >= 0.6 is 0 Å². The number of halogens is 1. The van der Waals surface area contributed by atoms with Crippen molar-refractivity contribution in [1.29, 1.82) is 0 Å². The Morgan fingerprint density at radius 3 is 2.48 bits per heavy atom. The highest BCUT2D eigenvalue weighted by molar-refractivity contribution is 6.90. The van der Waals surface area contributed by atoms with Gasteiger partial charge < -0.3 is 0 Å². The molecular formula is C20H23FOSi. The van der Waals surface area contributed by atoms with E-state index in [0.29, 0.717) is 12.0 Å². The summed E-state index contributed by atoms with van der Waals surface area (Å²) in [7, 11) is -1.75. The molecule has 120 valence electrons. The van der Waals surface area contributed by atoms with E-state index in [1.165, 1.54) is 17.3 Å². The molecule has 23 heavy (non-hydrogen) atoms. The molecule has 1 unspecified atom stereocenters. The normalized spacial score (nSPS) is 12.7. The number of carbonyl (C=O) groups is 1. The quantitative estimate of drug-likeness (QED) is 0.405. The molecule has 2 aromatic rings. The number of hydrogen-bond acceptors (Lipinski definition) is 1. The van der Waals surface area contributed by atoms with Crippen molar-refractivity contribution in [2.24, 2.45) is 5.92 Å². The van der Waals surface area contributed by atoms with Crippen molar-refractivity contribution < 1.29 is 9.18 Å². The second-order valence-corrected chi connectivity index (χ2v) is 11.3. The molecule has 0 aliphatic heterocycles. The van der Waals surface area contributed by atoms with Crippen LogP contribution in [0.5, 0.6) is 0 Å². The van der Waals surface area contributed by atoms with Crippen LogP contribution in [0.15, 0.2) is 67.3 Å². The first-order valence-corrected chi connectivity index (χ1v) is 11.1. The lowest BCUT2D eigenvalue weighted by molar-refractivity contribution is 0.0930. The second kappa shape index (κ2) is 7.51. The van der Waals surface area contributed by atoms with E-state index in [1.807, 2.05) is 18.2 Å². The molecule has 0 amide bonds. The van der Waals surface area contributed by atoms with E-state index in [-0.39, 0.29) is 17.5 Å². The minimum atomic E-state index is -1.75. The molecule has 0 saturated heterocycles. The molecule has 0 radical (unpaired) electrons. The summed E-state index contributed by atoms with van der Waals surface area (Å²) >= 11 is 0. The molecule has 0 spiro atoms. The van der Waals surface area contributed by atoms with Gasteiger partial charge in [-0.15, -0.1) is 6.58 Å². The number of benzene rings is 2. The third-order valence-electron chi connectivity index (χ3n) is 4.24.